The van der Waals surface area contributed by atoms with Gasteiger partial charge in [0.1, 0.15) is 0 Å². The number of nitrogens with two attached hydrogens (primary N) is 1. The van der Waals surface area contributed by atoms with E-state index in [1.54, 1.807) is 11.3 Å². The lowest BCUT2D eigenvalue weighted by molar-refractivity contribution is 0.884. The Hall–Kier alpha value is -1.000. The molecule has 0 amide bonds. The Balaban J connectivity index is 2.06. The summed E-state index contributed by atoms with van der Waals surface area (Å²) in [5.74, 6) is 0. The molecule has 0 saturated heterocycles. The van der Waals surface area contributed by atoms with Crippen LogP contribution in [0.4, 0.5) is 11.4 Å². The number of nitrogens with zero attached hydrogens (tertiary/aromatic N) is 1. The van der Waals surface area contributed by atoms with Gasteiger partial charge in [-0.3, -0.25) is 0 Å². The van der Waals surface area contributed by atoms with E-state index in [-0.39, 0.29) is 0 Å². The van der Waals surface area contributed by atoms with Gasteiger partial charge >= 0.3 is 0 Å². The number of thiophene rings is 1. The second-order valence-electron chi connectivity index (χ2n) is 4.42. The van der Waals surface area contributed by atoms with Crippen LogP contribution in [-0.4, -0.2) is 13.6 Å². The van der Waals surface area contributed by atoms with Crippen molar-refractivity contribution in [1.29, 1.82) is 0 Å². The van der Waals surface area contributed by atoms with Crippen molar-refractivity contribution in [2.45, 2.75) is 13.3 Å². The van der Waals surface area contributed by atoms with Crippen molar-refractivity contribution in [3.05, 3.63) is 44.6 Å². The summed E-state index contributed by atoms with van der Waals surface area (Å²) in [6, 6.07) is 8.24. The van der Waals surface area contributed by atoms with Gasteiger partial charge in [-0.2, -0.15) is 0 Å². The number of benzene rings is 1. The molecular weight excluding hydrogens is 308 g/mol. The lowest BCUT2D eigenvalue weighted by Gasteiger charge is -2.22. The number of nitrogen functional groups attached to an aromatic ring is 1. The molecule has 0 aliphatic heterocycles. The molecule has 2 nitrogen and oxygen atoms in total. The van der Waals surface area contributed by atoms with Crippen LogP contribution in [0.25, 0.3) is 0 Å². The van der Waals surface area contributed by atoms with Gasteiger partial charge in [-0.25, -0.2) is 0 Å². The first-order valence-corrected chi connectivity index (χ1v) is 7.54. The minimum atomic E-state index is 0.852. The fourth-order valence-electron chi connectivity index (χ4n) is 2.08. The molecule has 1 heterocycles. The molecule has 0 aliphatic rings. The van der Waals surface area contributed by atoms with Crippen LogP contribution < -0.4 is 10.6 Å². The molecule has 18 heavy (non-hydrogen) atoms. The molecule has 2 aromatic rings. The lowest BCUT2D eigenvalue weighted by atomic mass is 10.1. The minimum Gasteiger partial charge on any atom is -0.397 e. The number of anilines is 2. The third-order valence-corrected chi connectivity index (χ3v) is 4.72. The van der Waals surface area contributed by atoms with Gasteiger partial charge in [0.25, 0.3) is 0 Å². The summed E-state index contributed by atoms with van der Waals surface area (Å²) in [5, 5.41) is 2.12. The second kappa shape index (κ2) is 5.76. The van der Waals surface area contributed by atoms with Crippen molar-refractivity contribution in [3.63, 3.8) is 0 Å². The van der Waals surface area contributed by atoms with Crippen molar-refractivity contribution in [2.75, 3.05) is 24.2 Å². The summed E-state index contributed by atoms with van der Waals surface area (Å²) in [4.78, 5) is 3.62. The standard InChI is InChI=1S/C14H17BrN2S/c1-10-4-3-5-13(16)14(10)17(2)7-6-12-8-11(15)9-18-12/h3-5,8-9H,6-7,16H2,1-2H3. The van der Waals surface area contributed by atoms with Crippen LogP contribution in [0, 0.1) is 6.92 Å². The molecular formula is C14H17BrN2S. The van der Waals surface area contributed by atoms with E-state index in [0.29, 0.717) is 0 Å². The van der Waals surface area contributed by atoms with Gasteiger partial charge in [0.05, 0.1) is 11.4 Å². The Morgan fingerprint density at radius 1 is 1.39 bits per heavy atom. The lowest BCUT2D eigenvalue weighted by Crippen LogP contribution is -2.22. The van der Waals surface area contributed by atoms with Gasteiger partial charge in [-0.05, 0) is 47.0 Å². The first kappa shape index (κ1) is 13.4. The Labute approximate surface area is 121 Å². The zero-order valence-electron chi connectivity index (χ0n) is 10.6. The van der Waals surface area contributed by atoms with Gasteiger partial charge < -0.3 is 10.6 Å². The van der Waals surface area contributed by atoms with E-state index in [1.165, 1.54) is 14.9 Å². The van der Waals surface area contributed by atoms with Crippen molar-refractivity contribution in [2.24, 2.45) is 0 Å². The van der Waals surface area contributed by atoms with Crippen molar-refractivity contribution < 1.29 is 0 Å². The molecule has 0 radical (unpaired) electrons. The maximum absolute atomic E-state index is 6.05. The van der Waals surface area contributed by atoms with Gasteiger partial charge in [-0.1, -0.05) is 12.1 Å². The molecule has 1 aromatic carbocycles. The fourth-order valence-corrected chi connectivity index (χ4v) is 3.52. The van der Waals surface area contributed by atoms with Crippen LogP contribution in [0.5, 0.6) is 0 Å². The highest BCUT2D eigenvalue weighted by Crippen LogP contribution is 2.27. The summed E-state index contributed by atoms with van der Waals surface area (Å²) in [7, 11) is 2.10. The molecule has 0 unspecified atom stereocenters. The molecule has 2 N–H and O–H groups in total. The minimum absolute atomic E-state index is 0.852. The van der Waals surface area contributed by atoms with E-state index in [2.05, 4.69) is 52.3 Å². The molecule has 2 rings (SSSR count). The molecule has 1 aromatic heterocycles. The average molecular weight is 325 g/mol. The number of halogens is 1. The Morgan fingerprint density at radius 2 is 2.17 bits per heavy atom. The third-order valence-electron chi connectivity index (χ3n) is 2.97. The largest absolute Gasteiger partial charge is 0.397 e. The molecule has 0 bridgehead atoms. The van der Waals surface area contributed by atoms with Gasteiger partial charge in [0.15, 0.2) is 0 Å². The van der Waals surface area contributed by atoms with Gasteiger partial charge in [0, 0.05) is 28.3 Å². The van der Waals surface area contributed by atoms with Crippen LogP contribution in [0.2, 0.25) is 0 Å². The maximum Gasteiger partial charge on any atom is 0.0627 e. The van der Waals surface area contributed by atoms with Crippen molar-refractivity contribution >= 4 is 38.6 Å². The molecule has 4 heteroatoms. The van der Waals surface area contributed by atoms with E-state index < -0.39 is 0 Å². The van der Waals surface area contributed by atoms with Crippen LogP contribution in [0.15, 0.2) is 34.1 Å². The Kier molecular flexibility index (Phi) is 4.30. The summed E-state index contributed by atoms with van der Waals surface area (Å²) in [6.45, 7) is 3.08. The number of rotatable bonds is 4. The second-order valence-corrected chi connectivity index (χ2v) is 6.33. The van der Waals surface area contributed by atoms with Crippen molar-refractivity contribution in [3.8, 4) is 0 Å². The normalized spacial score (nSPS) is 10.6. The van der Waals surface area contributed by atoms with E-state index in [4.69, 9.17) is 5.73 Å². The van der Waals surface area contributed by atoms with E-state index >= 15 is 0 Å². The first-order valence-electron chi connectivity index (χ1n) is 5.87. The molecule has 0 aliphatic carbocycles. The highest BCUT2D eigenvalue weighted by Gasteiger charge is 2.08. The molecule has 0 atom stereocenters. The molecule has 96 valence electrons. The van der Waals surface area contributed by atoms with E-state index in [0.717, 1.165) is 24.3 Å². The van der Waals surface area contributed by atoms with E-state index in [9.17, 15) is 0 Å². The monoisotopic (exact) mass is 324 g/mol. The number of para-hydroxylation sites is 1. The number of aryl methyl sites for hydroxylation is 1. The number of likely N-dealkylation sites (N-methyl/N-ethyl adjacent to an activating group) is 1. The Bertz CT molecular complexity index is 516. The van der Waals surface area contributed by atoms with Gasteiger partial charge in [-0.15, -0.1) is 11.3 Å². The maximum atomic E-state index is 6.05. The predicted octanol–water partition coefficient (Wildman–Crippen LogP) is 4.08. The zero-order valence-corrected chi connectivity index (χ0v) is 13.0. The highest BCUT2D eigenvalue weighted by atomic mass is 79.9. The van der Waals surface area contributed by atoms with Crippen LogP contribution in [0.1, 0.15) is 10.4 Å². The molecule has 0 saturated carbocycles. The summed E-state index contributed by atoms with van der Waals surface area (Å²) in [5.41, 5.74) is 9.27. The fraction of sp³-hybridized carbons (Fsp3) is 0.286. The summed E-state index contributed by atoms with van der Waals surface area (Å²) >= 11 is 5.27. The quantitative estimate of drug-likeness (QED) is 0.858. The smallest absolute Gasteiger partial charge is 0.0627 e. The van der Waals surface area contributed by atoms with Gasteiger partial charge in [0.2, 0.25) is 0 Å². The van der Waals surface area contributed by atoms with Crippen LogP contribution in [-0.2, 0) is 6.42 Å². The topological polar surface area (TPSA) is 29.3 Å². The zero-order chi connectivity index (χ0) is 13.1. The first-order chi connectivity index (χ1) is 8.58. The predicted molar refractivity (Wildman–Crippen MR) is 84.6 cm³/mol. The molecule has 0 spiro atoms. The third kappa shape index (κ3) is 3.06. The number of hydrogen-bond acceptors (Lipinski definition) is 3. The summed E-state index contributed by atoms with van der Waals surface area (Å²) in [6.07, 6.45) is 1.04. The number of hydrogen-bond donors (Lipinski definition) is 1. The van der Waals surface area contributed by atoms with Crippen LogP contribution >= 0.6 is 27.3 Å². The van der Waals surface area contributed by atoms with E-state index in [1.807, 2.05) is 12.1 Å². The molecule has 0 fully saturated rings. The van der Waals surface area contributed by atoms with Crippen LogP contribution in [0.3, 0.4) is 0 Å². The SMILES string of the molecule is Cc1cccc(N)c1N(C)CCc1cc(Br)cs1. The average Bonchev–Trinajstić information content (AvgIpc) is 2.72. The van der Waals surface area contributed by atoms with Crippen molar-refractivity contribution in [1.82, 2.24) is 0 Å². The summed E-state index contributed by atoms with van der Waals surface area (Å²) < 4.78 is 1.17. The highest BCUT2D eigenvalue weighted by molar-refractivity contribution is 9.10. The Morgan fingerprint density at radius 3 is 2.78 bits per heavy atom.